The van der Waals surface area contributed by atoms with E-state index in [1.54, 1.807) is 14.2 Å². The first-order chi connectivity index (χ1) is 7.21. The Bertz CT molecular complexity index is 367. The van der Waals surface area contributed by atoms with Crippen LogP contribution in [0.2, 0.25) is 0 Å². The first-order valence-corrected chi connectivity index (χ1v) is 5.04. The molecule has 0 aromatic heterocycles. The van der Waals surface area contributed by atoms with Crippen molar-refractivity contribution in [1.29, 1.82) is 0 Å². The van der Waals surface area contributed by atoms with Crippen LogP contribution >= 0.6 is 15.9 Å². The number of ether oxygens (including phenoxy) is 1. The second kappa shape index (κ2) is 5.57. The fourth-order valence-electron chi connectivity index (χ4n) is 1.04. The van der Waals surface area contributed by atoms with Crippen LogP contribution in [0.4, 0.5) is 5.69 Å². The topological polar surface area (TPSA) is 71.7 Å². The van der Waals surface area contributed by atoms with Crippen molar-refractivity contribution in [3.63, 3.8) is 0 Å². The molecular formula is C9H13BrN4O. The Hall–Kier alpha value is -1.27. The van der Waals surface area contributed by atoms with E-state index in [1.807, 2.05) is 18.2 Å². The van der Waals surface area contributed by atoms with Gasteiger partial charge in [0.05, 0.1) is 11.6 Å². The quantitative estimate of drug-likeness (QED) is 0.329. The maximum Gasteiger partial charge on any atom is 0.209 e. The van der Waals surface area contributed by atoms with E-state index in [4.69, 9.17) is 10.6 Å². The zero-order chi connectivity index (χ0) is 11.3. The van der Waals surface area contributed by atoms with Crippen LogP contribution in [0.1, 0.15) is 0 Å². The summed E-state index contributed by atoms with van der Waals surface area (Å²) in [5, 5.41) is 3.00. The van der Waals surface area contributed by atoms with Gasteiger partial charge in [0.1, 0.15) is 5.75 Å². The van der Waals surface area contributed by atoms with Crippen LogP contribution in [0.5, 0.6) is 5.75 Å². The molecule has 0 unspecified atom stereocenters. The van der Waals surface area contributed by atoms with E-state index in [1.165, 1.54) is 0 Å². The van der Waals surface area contributed by atoms with Gasteiger partial charge in [-0.25, -0.2) is 5.84 Å². The van der Waals surface area contributed by atoms with Crippen LogP contribution in [0, 0.1) is 0 Å². The molecule has 0 saturated heterocycles. The van der Waals surface area contributed by atoms with Gasteiger partial charge in [0.15, 0.2) is 0 Å². The molecule has 82 valence electrons. The summed E-state index contributed by atoms with van der Waals surface area (Å²) in [5.41, 5.74) is 3.30. The van der Waals surface area contributed by atoms with E-state index in [0.717, 1.165) is 15.9 Å². The van der Waals surface area contributed by atoms with Gasteiger partial charge in [-0.3, -0.25) is 10.4 Å². The summed E-state index contributed by atoms with van der Waals surface area (Å²) in [7, 11) is 3.26. The molecule has 0 aliphatic rings. The fourth-order valence-corrected chi connectivity index (χ4v) is 1.58. The molecule has 0 atom stereocenters. The lowest BCUT2D eigenvalue weighted by molar-refractivity contribution is 0.412. The molecule has 0 radical (unpaired) electrons. The number of nitrogens with two attached hydrogens (primary N) is 1. The SMILES string of the molecule is CN=C(NN)Nc1ccc(OC)c(Br)c1. The number of methoxy groups -OCH3 is 1. The van der Waals surface area contributed by atoms with Gasteiger partial charge < -0.3 is 10.1 Å². The third kappa shape index (κ3) is 3.10. The van der Waals surface area contributed by atoms with Crippen LogP contribution in [0.25, 0.3) is 0 Å². The molecule has 1 aromatic carbocycles. The first kappa shape index (κ1) is 11.8. The predicted molar refractivity (Wildman–Crippen MR) is 65.0 cm³/mol. The molecule has 6 heteroatoms. The lowest BCUT2D eigenvalue weighted by atomic mass is 10.3. The zero-order valence-corrected chi connectivity index (χ0v) is 10.1. The second-order valence-corrected chi connectivity index (χ2v) is 3.55. The van der Waals surface area contributed by atoms with Gasteiger partial charge in [0.2, 0.25) is 5.96 Å². The number of nitrogens with zero attached hydrogens (tertiary/aromatic N) is 1. The third-order valence-electron chi connectivity index (χ3n) is 1.77. The number of anilines is 1. The van der Waals surface area contributed by atoms with Gasteiger partial charge in [-0.15, -0.1) is 0 Å². The Balaban J connectivity index is 2.84. The number of benzene rings is 1. The summed E-state index contributed by atoms with van der Waals surface area (Å²) < 4.78 is 5.98. The standard InChI is InChI=1S/C9H13BrN4O/c1-12-9(14-11)13-6-3-4-8(15-2)7(10)5-6/h3-5H,11H2,1-2H3,(H2,12,13,14). The molecule has 15 heavy (non-hydrogen) atoms. The Morgan fingerprint density at radius 2 is 2.27 bits per heavy atom. The van der Waals surface area contributed by atoms with Crippen molar-refractivity contribution >= 4 is 27.6 Å². The number of hydrazine groups is 1. The molecule has 0 heterocycles. The first-order valence-electron chi connectivity index (χ1n) is 4.25. The third-order valence-corrected chi connectivity index (χ3v) is 2.39. The van der Waals surface area contributed by atoms with Crippen molar-refractivity contribution in [2.24, 2.45) is 10.8 Å². The van der Waals surface area contributed by atoms with Gasteiger partial charge in [0, 0.05) is 12.7 Å². The number of halogens is 1. The summed E-state index contributed by atoms with van der Waals surface area (Å²) >= 11 is 3.38. The number of aliphatic imine (C=N–C) groups is 1. The van der Waals surface area contributed by atoms with Crippen LogP contribution in [0.15, 0.2) is 27.7 Å². The predicted octanol–water partition coefficient (Wildman–Crippen LogP) is 1.32. The number of hydrogen-bond acceptors (Lipinski definition) is 3. The summed E-state index contributed by atoms with van der Waals surface area (Å²) in [5.74, 6) is 6.51. The molecule has 4 N–H and O–H groups in total. The highest BCUT2D eigenvalue weighted by atomic mass is 79.9. The largest absolute Gasteiger partial charge is 0.496 e. The minimum absolute atomic E-state index is 0.493. The lowest BCUT2D eigenvalue weighted by Gasteiger charge is -2.10. The zero-order valence-electron chi connectivity index (χ0n) is 8.54. The summed E-state index contributed by atoms with van der Waals surface area (Å²) in [6, 6.07) is 5.59. The minimum atomic E-state index is 0.493. The molecular weight excluding hydrogens is 260 g/mol. The van der Waals surface area contributed by atoms with E-state index in [2.05, 4.69) is 31.7 Å². The molecule has 0 spiro atoms. The molecule has 0 aliphatic heterocycles. The van der Waals surface area contributed by atoms with Crippen LogP contribution in [-0.2, 0) is 0 Å². The highest BCUT2D eigenvalue weighted by Crippen LogP contribution is 2.27. The summed E-state index contributed by atoms with van der Waals surface area (Å²) in [6.07, 6.45) is 0. The average molecular weight is 273 g/mol. The molecule has 0 fully saturated rings. The van der Waals surface area contributed by atoms with E-state index in [-0.39, 0.29) is 0 Å². The van der Waals surface area contributed by atoms with E-state index in [9.17, 15) is 0 Å². The molecule has 0 bridgehead atoms. The normalized spacial score (nSPS) is 11.1. The summed E-state index contributed by atoms with van der Waals surface area (Å²) in [6.45, 7) is 0. The van der Waals surface area contributed by atoms with E-state index in [0.29, 0.717) is 5.96 Å². The molecule has 0 saturated carbocycles. The average Bonchev–Trinajstić information content (AvgIpc) is 2.26. The fraction of sp³-hybridized carbons (Fsp3) is 0.222. The maximum atomic E-state index is 5.25. The van der Waals surface area contributed by atoms with Gasteiger partial charge in [-0.1, -0.05) is 0 Å². The van der Waals surface area contributed by atoms with Crippen LogP contribution < -0.4 is 21.3 Å². The van der Waals surface area contributed by atoms with Crippen molar-refractivity contribution in [3.05, 3.63) is 22.7 Å². The van der Waals surface area contributed by atoms with Crippen molar-refractivity contribution in [2.75, 3.05) is 19.5 Å². The highest BCUT2D eigenvalue weighted by Gasteiger charge is 2.02. The van der Waals surface area contributed by atoms with Crippen LogP contribution in [-0.4, -0.2) is 20.1 Å². The Labute approximate surface area is 96.8 Å². The lowest BCUT2D eigenvalue weighted by Crippen LogP contribution is -2.36. The second-order valence-electron chi connectivity index (χ2n) is 2.69. The Morgan fingerprint density at radius 1 is 1.53 bits per heavy atom. The number of nitrogens with one attached hydrogen (secondary N) is 2. The molecule has 5 nitrogen and oxygen atoms in total. The van der Waals surface area contributed by atoms with Crippen molar-refractivity contribution < 1.29 is 4.74 Å². The van der Waals surface area contributed by atoms with Crippen molar-refractivity contribution in [1.82, 2.24) is 5.43 Å². The Morgan fingerprint density at radius 3 is 2.73 bits per heavy atom. The van der Waals surface area contributed by atoms with Crippen molar-refractivity contribution in [3.8, 4) is 5.75 Å². The highest BCUT2D eigenvalue weighted by molar-refractivity contribution is 9.10. The van der Waals surface area contributed by atoms with Crippen molar-refractivity contribution in [2.45, 2.75) is 0 Å². The van der Waals surface area contributed by atoms with E-state index < -0.39 is 0 Å². The molecule has 0 amide bonds. The maximum absolute atomic E-state index is 5.25. The van der Waals surface area contributed by atoms with Gasteiger partial charge in [0.25, 0.3) is 0 Å². The monoisotopic (exact) mass is 272 g/mol. The molecule has 1 rings (SSSR count). The number of hydrogen-bond donors (Lipinski definition) is 3. The number of guanidine groups is 1. The minimum Gasteiger partial charge on any atom is -0.496 e. The van der Waals surface area contributed by atoms with Crippen LogP contribution in [0.3, 0.4) is 0 Å². The van der Waals surface area contributed by atoms with E-state index >= 15 is 0 Å². The molecule has 0 aliphatic carbocycles. The molecule has 1 aromatic rings. The summed E-state index contributed by atoms with van der Waals surface area (Å²) in [4.78, 5) is 3.90. The smallest absolute Gasteiger partial charge is 0.209 e. The van der Waals surface area contributed by atoms with Gasteiger partial charge in [-0.05, 0) is 34.1 Å². The number of rotatable bonds is 2. The Kier molecular flexibility index (Phi) is 4.38. The van der Waals surface area contributed by atoms with Gasteiger partial charge >= 0.3 is 0 Å². The van der Waals surface area contributed by atoms with Gasteiger partial charge in [-0.2, -0.15) is 0 Å².